The highest BCUT2D eigenvalue weighted by Crippen LogP contribution is 2.27. The Kier molecular flexibility index (Phi) is 5.17. The largest absolute Gasteiger partial charge is 0.493 e. The van der Waals surface area contributed by atoms with Crippen LogP contribution in [0.5, 0.6) is 11.5 Å². The van der Waals surface area contributed by atoms with E-state index in [1.807, 2.05) is 6.92 Å². The maximum absolute atomic E-state index is 12.5. The standard InChI is InChI=1S/C19H19N3O4/c1-3-10-26-17-11-13(8-9-16(17)25-2)12-20-22-18(23)14-6-4-5-7-15(14)21-19(22)24/h4-9,11-12H,3,10H2,1-2H3,(H,21,24)/b20-12+. The van der Waals surface area contributed by atoms with Gasteiger partial charge in [-0.3, -0.25) is 4.79 Å². The van der Waals surface area contributed by atoms with E-state index in [0.717, 1.165) is 11.1 Å². The van der Waals surface area contributed by atoms with E-state index in [0.29, 0.717) is 34.6 Å². The molecule has 3 aromatic rings. The molecule has 0 unspecified atom stereocenters. The van der Waals surface area contributed by atoms with Gasteiger partial charge in [-0.1, -0.05) is 19.1 Å². The summed E-state index contributed by atoms with van der Waals surface area (Å²) in [6.07, 6.45) is 2.30. The van der Waals surface area contributed by atoms with Crippen molar-refractivity contribution >= 4 is 17.1 Å². The van der Waals surface area contributed by atoms with Crippen LogP contribution in [0.4, 0.5) is 0 Å². The molecule has 0 saturated heterocycles. The second-order valence-electron chi connectivity index (χ2n) is 5.60. The average Bonchev–Trinajstić information content (AvgIpc) is 2.66. The van der Waals surface area contributed by atoms with Crippen LogP contribution in [0.15, 0.2) is 57.2 Å². The molecule has 0 fully saturated rings. The number of benzene rings is 2. The van der Waals surface area contributed by atoms with Gasteiger partial charge < -0.3 is 14.5 Å². The molecule has 7 heteroatoms. The predicted octanol–water partition coefficient (Wildman–Crippen LogP) is 2.37. The summed E-state index contributed by atoms with van der Waals surface area (Å²) in [6, 6.07) is 12.1. The molecule has 1 aromatic heterocycles. The van der Waals surface area contributed by atoms with Crippen LogP contribution in [0.3, 0.4) is 0 Å². The molecule has 1 heterocycles. The minimum absolute atomic E-state index is 0.394. The second kappa shape index (κ2) is 7.69. The Morgan fingerprint density at radius 2 is 1.96 bits per heavy atom. The summed E-state index contributed by atoms with van der Waals surface area (Å²) < 4.78 is 11.7. The van der Waals surface area contributed by atoms with Gasteiger partial charge in [-0.05, 0) is 42.3 Å². The van der Waals surface area contributed by atoms with Gasteiger partial charge in [-0.15, -0.1) is 4.68 Å². The number of aromatic nitrogens is 2. The highest BCUT2D eigenvalue weighted by molar-refractivity contribution is 5.81. The minimum Gasteiger partial charge on any atom is -0.493 e. The molecule has 134 valence electrons. The van der Waals surface area contributed by atoms with Crippen molar-refractivity contribution in [3.05, 3.63) is 68.9 Å². The van der Waals surface area contributed by atoms with Gasteiger partial charge in [0.25, 0.3) is 5.56 Å². The number of nitrogens with zero attached hydrogens (tertiary/aromatic N) is 2. The van der Waals surface area contributed by atoms with E-state index in [9.17, 15) is 9.59 Å². The highest BCUT2D eigenvalue weighted by atomic mass is 16.5. The number of methoxy groups -OCH3 is 1. The normalized spacial score (nSPS) is 11.2. The average molecular weight is 353 g/mol. The Balaban J connectivity index is 1.99. The first-order valence-electron chi connectivity index (χ1n) is 8.23. The summed E-state index contributed by atoms with van der Waals surface area (Å²) in [6.45, 7) is 2.57. The number of ether oxygens (including phenoxy) is 2. The molecule has 2 aromatic carbocycles. The molecule has 26 heavy (non-hydrogen) atoms. The zero-order chi connectivity index (χ0) is 18.5. The van der Waals surface area contributed by atoms with Crippen LogP contribution >= 0.6 is 0 Å². The van der Waals surface area contributed by atoms with Crippen molar-refractivity contribution in [2.24, 2.45) is 5.10 Å². The lowest BCUT2D eigenvalue weighted by atomic mass is 10.2. The molecule has 0 bridgehead atoms. The third kappa shape index (κ3) is 3.51. The first kappa shape index (κ1) is 17.5. The molecule has 0 saturated carbocycles. The molecule has 0 atom stereocenters. The van der Waals surface area contributed by atoms with Crippen LogP contribution in [0.2, 0.25) is 0 Å². The molecule has 0 radical (unpaired) electrons. The molecule has 7 nitrogen and oxygen atoms in total. The van der Waals surface area contributed by atoms with Crippen molar-refractivity contribution in [3.8, 4) is 11.5 Å². The first-order valence-corrected chi connectivity index (χ1v) is 8.23. The van der Waals surface area contributed by atoms with E-state index in [1.165, 1.54) is 6.21 Å². The van der Waals surface area contributed by atoms with Gasteiger partial charge in [0, 0.05) is 0 Å². The molecular formula is C19H19N3O4. The third-order valence-corrected chi connectivity index (χ3v) is 3.76. The van der Waals surface area contributed by atoms with Crippen molar-refractivity contribution in [1.29, 1.82) is 0 Å². The first-order chi connectivity index (χ1) is 12.6. The lowest BCUT2D eigenvalue weighted by Crippen LogP contribution is -2.32. The molecule has 1 N–H and O–H groups in total. The van der Waals surface area contributed by atoms with Gasteiger partial charge in [0.1, 0.15) is 0 Å². The monoisotopic (exact) mass is 353 g/mol. The van der Waals surface area contributed by atoms with E-state index >= 15 is 0 Å². The summed E-state index contributed by atoms with van der Waals surface area (Å²) in [5.74, 6) is 1.19. The maximum atomic E-state index is 12.5. The van der Waals surface area contributed by atoms with Crippen molar-refractivity contribution < 1.29 is 9.47 Å². The Hall–Kier alpha value is -3.35. The molecule has 0 spiro atoms. The number of para-hydroxylation sites is 1. The van der Waals surface area contributed by atoms with Crippen LogP contribution in [-0.4, -0.2) is 29.6 Å². The van der Waals surface area contributed by atoms with Crippen LogP contribution < -0.4 is 20.7 Å². The van der Waals surface area contributed by atoms with Gasteiger partial charge in [0.2, 0.25) is 0 Å². The van der Waals surface area contributed by atoms with E-state index in [-0.39, 0.29) is 0 Å². The van der Waals surface area contributed by atoms with Crippen molar-refractivity contribution in [2.45, 2.75) is 13.3 Å². The van der Waals surface area contributed by atoms with E-state index in [4.69, 9.17) is 9.47 Å². The Morgan fingerprint density at radius 3 is 2.73 bits per heavy atom. The van der Waals surface area contributed by atoms with E-state index in [2.05, 4.69) is 10.1 Å². The fourth-order valence-corrected chi connectivity index (χ4v) is 2.48. The summed E-state index contributed by atoms with van der Waals surface area (Å²) in [7, 11) is 1.57. The Labute approximate surface area is 149 Å². The van der Waals surface area contributed by atoms with Gasteiger partial charge in [0.05, 0.1) is 30.8 Å². The Bertz CT molecular complexity index is 1070. The summed E-state index contributed by atoms with van der Waals surface area (Å²) >= 11 is 0. The molecule has 0 aliphatic rings. The zero-order valence-electron chi connectivity index (χ0n) is 14.6. The van der Waals surface area contributed by atoms with Gasteiger partial charge in [0.15, 0.2) is 11.5 Å². The number of H-pyrrole nitrogens is 1. The summed E-state index contributed by atoms with van der Waals surface area (Å²) in [5.41, 5.74) is 0.0856. The van der Waals surface area contributed by atoms with Crippen molar-refractivity contribution in [1.82, 2.24) is 9.66 Å². The zero-order valence-corrected chi connectivity index (χ0v) is 14.6. The predicted molar refractivity (Wildman–Crippen MR) is 101 cm³/mol. The lowest BCUT2D eigenvalue weighted by molar-refractivity contribution is 0.294. The van der Waals surface area contributed by atoms with Crippen molar-refractivity contribution in [2.75, 3.05) is 13.7 Å². The smallest absolute Gasteiger partial charge is 0.349 e. The second-order valence-corrected chi connectivity index (χ2v) is 5.60. The van der Waals surface area contributed by atoms with Crippen molar-refractivity contribution in [3.63, 3.8) is 0 Å². The van der Waals surface area contributed by atoms with Crippen LogP contribution in [0.25, 0.3) is 10.9 Å². The van der Waals surface area contributed by atoms with Gasteiger partial charge in [-0.2, -0.15) is 5.10 Å². The summed E-state index contributed by atoms with van der Waals surface area (Å²) in [4.78, 5) is 27.2. The topological polar surface area (TPSA) is 85.7 Å². The number of rotatable bonds is 6. The molecular weight excluding hydrogens is 334 g/mol. The van der Waals surface area contributed by atoms with Gasteiger partial charge in [-0.25, -0.2) is 4.79 Å². The molecule has 0 aliphatic carbocycles. The summed E-state index contributed by atoms with van der Waals surface area (Å²) in [5, 5.41) is 4.44. The van der Waals surface area contributed by atoms with E-state index < -0.39 is 11.2 Å². The van der Waals surface area contributed by atoms with Crippen LogP contribution in [-0.2, 0) is 0 Å². The van der Waals surface area contributed by atoms with E-state index in [1.54, 1.807) is 49.6 Å². The minimum atomic E-state index is -0.596. The number of hydrogen-bond acceptors (Lipinski definition) is 5. The molecule has 0 aliphatic heterocycles. The van der Waals surface area contributed by atoms with Crippen LogP contribution in [0, 0.1) is 0 Å². The Morgan fingerprint density at radius 1 is 1.15 bits per heavy atom. The lowest BCUT2D eigenvalue weighted by Gasteiger charge is -2.10. The molecule has 3 rings (SSSR count). The maximum Gasteiger partial charge on any atom is 0.349 e. The number of hydrogen-bond donors (Lipinski definition) is 1. The quantitative estimate of drug-likeness (QED) is 0.690. The highest BCUT2D eigenvalue weighted by Gasteiger charge is 2.07. The SMILES string of the molecule is CCCOc1cc(/C=N/n2c(=O)[nH]c3ccccc3c2=O)ccc1OC. The number of nitrogens with one attached hydrogen (secondary N) is 1. The number of fused-ring (bicyclic) bond motifs is 1. The number of aromatic amines is 1. The van der Waals surface area contributed by atoms with Crippen LogP contribution in [0.1, 0.15) is 18.9 Å². The fraction of sp³-hybridized carbons (Fsp3) is 0.211. The third-order valence-electron chi connectivity index (χ3n) is 3.76. The van der Waals surface area contributed by atoms with Gasteiger partial charge >= 0.3 is 5.69 Å². The molecule has 0 amide bonds. The fourth-order valence-electron chi connectivity index (χ4n) is 2.48.